The van der Waals surface area contributed by atoms with Gasteiger partial charge in [0, 0.05) is 25.0 Å². The highest BCUT2D eigenvalue weighted by Gasteiger charge is 2.13. The number of nitrogens with zero attached hydrogens (tertiary/aromatic N) is 1. The Hall–Kier alpha value is -1.25. The lowest BCUT2D eigenvalue weighted by atomic mass is 10.1. The van der Waals surface area contributed by atoms with E-state index in [9.17, 15) is 4.79 Å². The molecule has 0 aromatic carbocycles. The molecule has 0 spiro atoms. The maximum Gasteiger partial charge on any atom is 0.242 e. The molecular formula is C16H29IN4O2. The smallest absolute Gasteiger partial charge is 0.242 e. The number of guanidine groups is 1. The molecule has 3 N–H and O–H groups in total. The fraction of sp³-hybridized carbons (Fsp3) is 0.625. The molecule has 7 heteroatoms. The minimum Gasteiger partial charge on any atom is -0.469 e. The van der Waals surface area contributed by atoms with Gasteiger partial charge < -0.3 is 20.4 Å². The number of hydrogen-bond donors (Lipinski definition) is 3. The number of carbonyl (C=O) groups excluding carboxylic acids is 1. The van der Waals surface area contributed by atoms with Crippen molar-refractivity contribution in [1.29, 1.82) is 0 Å². The number of nitrogens with one attached hydrogen (secondary N) is 3. The second-order valence-corrected chi connectivity index (χ2v) is 6.15. The molecule has 0 saturated carbocycles. The normalized spacial score (nSPS) is 11.6. The molecule has 23 heavy (non-hydrogen) atoms. The average molecular weight is 436 g/mol. The molecule has 0 aliphatic rings. The summed E-state index contributed by atoms with van der Waals surface area (Å²) >= 11 is 0. The molecule has 1 heterocycles. The lowest BCUT2D eigenvalue weighted by Crippen LogP contribution is -2.43. The molecule has 0 bridgehead atoms. The SMILES string of the molecule is CCCNC(=NCC(=O)NC(C)(C)C)NCCc1ccco1.I. The summed E-state index contributed by atoms with van der Waals surface area (Å²) in [5, 5.41) is 9.30. The highest BCUT2D eigenvalue weighted by Crippen LogP contribution is 1.99. The van der Waals surface area contributed by atoms with Crippen LogP contribution in [0.5, 0.6) is 0 Å². The highest BCUT2D eigenvalue weighted by atomic mass is 127. The van der Waals surface area contributed by atoms with Crippen molar-refractivity contribution >= 4 is 35.8 Å². The van der Waals surface area contributed by atoms with Gasteiger partial charge in [-0.1, -0.05) is 6.92 Å². The summed E-state index contributed by atoms with van der Waals surface area (Å²) in [4.78, 5) is 16.1. The predicted molar refractivity (Wildman–Crippen MR) is 104 cm³/mol. The second kappa shape index (κ2) is 11.3. The lowest BCUT2D eigenvalue weighted by molar-refractivity contribution is -0.121. The van der Waals surface area contributed by atoms with E-state index in [1.165, 1.54) is 0 Å². The number of hydrogen-bond acceptors (Lipinski definition) is 3. The standard InChI is InChI=1S/C16H28N4O2.HI/c1-5-9-17-15(18-10-8-13-7-6-11-22-13)19-12-14(21)20-16(2,3)4;/h6-7,11H,5,8-10,12H2,1-4H3,(H,20,21)(H2,17,18,19);1H. The van der Waals surface area contributed by atoms with Crippen LogP contribution in [-0.2, 0) is 11.2 Å². The first-order valence-electron chi connectivity index (χ1n) is 7.76. The van der Waals surface area contributed by atoms with E-state index in [0.29, 0.717) is 12.5 Å². The minimum absolute atomic E-state index is 0. The number of amides is 1. The van der Waals surface area contributed by atoms with Crippen molar-refractivity contribution in [2.75, 3.05) is 19.6 Å². The van der Waals surface area contributed by atoms with Gasteiger partial charge in [-0.3, -0.25) is 4.79 Å². The molecular weight excluding hydrogens is 407 g/mol. The van der Waals surface area contributed by atoms with Gasteiger partial charge in [-0.25, -0.2) is 4.99 Å². The van der Waals surface area contributed by atoms with Gasteiger partial charge >= 0.3 is 0 Å². The quantitative estimate of drug-likeness (QED) is 0.348. The van der Waals surface area contributed by atoms with Gasteiger partial charge in [0.2, 0.25) is 5.91 Å². The Labute approximate surface area is 155 Å². The average Bonchev–Trinajstić information content (AvgIpc) is 2.92. The van der Waals surface area contributed by atoms with Crippen LogP contribution in [0.3, 0.4) is 0 Å². The van der Waals surface area contributed by atoms with Gasteiger partial charge in [-0.05, 0) is 39.3 Å². The van der Waals surface area contributed by atoms with Gasteiger partial charge in [0.15, 0.2) is 5.96 Å². The highest BCUT2D eigenvalue weighted by molar-refractivity contribution is 14.0. The van der Waals surface area contributed by atoms with E-state index >= 15 is 0 Å². The lowest BCUT2D eigenvalue weighted by Gasteiger charge is -2.20. The fourth-order valence-electron chi connectivity index (χ4n) is 1.79. The number of aliphatic imine (C=N–C) groups is 1. The van der Waals surface area contributed by atoms with Crippen molar-refractivity contribution in [1.82, 2.24) is 16.0 Å². The molecule has 0 unspecified atom stereocenters. The second-order valence-electron chi connectivity index (χ2n) is 6.15. The van der Waals surface area contributed by atoms with Crippen molar-refractivity contribution in [3.05, 3.63) is 24.2 Å². The zero-order valence-electron chi connectivity index (χ0n) is 14.4. The third kappa shape index (κ3) is 11.0. The monoisotopic (exact) mass is 436 g/mol. The Kier molecular flexibility index (Phi) is 10.7. The topological polar surface area (TPSA) is 78.7 Å². The van der Waals surface area contributed by atoms with E-state index < -0.39 is 0 Å². The molecule has 0 radical (unpaired) electrons. The van der Waals surface area contributed by atoms with E-state index in [0.717, 1.165) is 25.1 Å². The molecule has 132 valence electrons. The van der Waals surface area contributed by atoms with Crippen LogP contribution in [0.2, 0.25) is 0 Å². The van der Waals surface area contributed by atoms with E-state index in [4.69, 9.17) is 4.42 Å². The van der Waals surface area contributed by atoms with E-state index in [2.05, 4.69) is 27.9 Å². The molecule has 1 rings (SSSR count). The number of furan rings is 1. The Bertz CT molecular complexity index is 467. The first-order valence-corrected chi connectivity index (χ1v) is 7.76. The van der Waals surface area contributed by atoms with Crippen molar-refractivity contribution in [2.24, 2.45) is 4.99 Å². The van der Waals surface area contributed by atoms with Crippen LogP contribution >= 0.6 is 24.0 Å². The van der Waals surface area contributed by atoms with Gasteiger partial charge in [-0.15, -0.1) is 24.0 Å². The van der Waals surface area contributed by atoms with E-state index in [-0.39, 0.29) is 42.0 Å². The van der Waals surface area contributed by atoms with Crippen LogP contribution in [-0.4, -0.2) is 37.0 Å². The van der Waals surface area contributed by atoms with Crippen molar-refractivity contribution in [2.45, 2.75) is 46.1 Å². The molecule has 0 aliphatic carbocycles. The van der Waals surface area contributed by atoms with Crippen molar-refractivity contribution in [3.8, 4) is 0 Å². The number of halogens is 1. The molecule has 0 fully saturated rings. The molecule has 1 aromatic rings. The van der Waals surface area contributed by atoms with Crippen LogP contribution in [0.4, 0.5) is 0 Å². The van der Waals surface area contributed by atoms with Crippen LogP contribution in [0.15, 0.2) is 27.8 Å². The maximum atomic E-state index is 11.8. The van der Waals surface area contributed by atoms with Crippen LogP contribution in [0, 0.1) is 0 Å². The summed E-state index contributed by atoms with van der Waals surface area (Å²) in [6.45, 7) is 9.56. The van der Waals surface area contributed by atoms with Gasteiger partial charge in [0.25, 0.3) is 0 Å². The molecule has 0 aliphatic heterocycles. The Morgan fingerprint density at radius 1 is 1.26 bits per heavy atom. The summed E-state index contributed by atoms with van der Waals surface area (Å²) in [6, 6.07) is 3.81. The summed E-state index contributed by atoms with van der Waals surface area (Å²) in [5.74, 6) is 1.49. The largest absolute Gasteiger partial charge is 0.469 e. The number of carbonyl (C=O) groups is 1. The zero-order valence-corrected chi connectivity index (χ0v) is 16.8. The first-order chi connectivity index (χ1) is 10.4. The van der Waals surface area contributed by atoms with Gasteiger partial charge in [0.1, 0.15) is 12.3 Å². The number of rotatable bonds is 7. The van der Waals surface area contributed by atoms with Crippen LogP contribution in [0.1, 0.15) is 39.9 Å². The van der Waals surface area contributed by atoms with Gasteiger partial charge in [0.05, 0.1) is 6.26 Å². The van der Waals surface area contributed by atoms with Crippen molar-refractivity contribution in [3.63, 3.8) is 0 Å². The molecule has 0 saturated heterocycles. The Morgan fingerprint density at radius 3 is 2.52 bits per heavy atom. The van der Waals surface area contributed by atoms with Gasteiger partial charge in [-0.2, -0.15) is 0 Å². The van der Waals surface area contributed by atoms with Crippen molar-refractivity contribution < 1.29 is 9.21 Å². The third-order valence-electron chi connectivity index (χ3n) is 2.68. The molecule has 1 amide bonds. The van der Waals surface area contributed by atoms with E-state index in [1.807, 2.05) is 32.9 Å². The third-order valence-corrected chi connectivity index (χ3v) is 2.68. The molecule has 6 nitrogen and oxygen atoms in total. The predicted octanol–water partition coefficient (Wildman–Crippen LogP) is 2.30. The fourth-order valence-corrected chi connectivity index (χ4v) is 1.79. The summed E-state index contributed by atoms with van der Waals surface area (Å²) in [7, 11) is 0. The summed E-state index contributed by atoms with van der Waals surface area (Å²) < 4.78 is 5.29. The van der Waals surface area contributed by atoms with Crippen LogP contribution < -0.4 is 16.0 Å². The molecule has 1 aromatic heterocycles. The first kappa shape index (κ1) is 21.8. The summed E-state index contributed by atoms with van der Waals surface area (Å²) in [5.41, 5.74) is -0.240. The Balaban J connectivity index is 0.00000484. The summed E-state index contributed by atoms with van der Waals surface area (Å²) in [6.07, 6.45) is 3.43. The Morgan fingerprint density at radius 2 is 1.96 bits per heavy atom. The molecule has 0 atom stereocenters. The maximum absolute atomic E-state index is 11.8. The van der Waals surface area contributed by atoms with Crippen LogP contribution in [0.25, 0.3) is 0 Å². The minimum atomic E-state index is -0.240. The zero-order chi connectivity index (χ0) is 16.4. The van der Waals surface area contributed by atoms with E-state index in [1.54, 1.807) is 6.26 Å².